The Balaban J connectivity index is 3.62. The van der Waals surface area contributed by atoms with Gasteiger partial charge in [0.05, 0.1) is 9.82 Å². The fraction of sp³-hybridized carbons (Fsp3) is 0.333. The minimum absolute atomic E-state index is 0.177. The summed E-state index contributed by atoms with van der Waals surface area (Å²) in [4.78, 5) is 9.78. The molecule has 1 rings (SSSR count). The molecule has 0 N–H and O–H groups in total. The molecule has 7 heteroatoms. The minimum Gasteiger partial charge on any atom is -0.258 e. The topological polar surface area (TPSA) is 77.3 Å². The first kappa shape index (κ1) is 12.9. The van der Waals surface area contributed by atoms with E-state index in [-0.39, 0.29) is 10.6 Å². The number of hydrogen-bond donors (Lipinski definition) is 0. The molecule has 0 saturated heterocycles. The lowest BCUT2D eigenvalue weighted by Crippen LogP contribution is -2.02. The largest absolute Gasteiger partial charge is 0.271 e. The highest BCUT2D eigenvalue weighted by molar-refractivity contribution is 8.13. The van der Waals surface area contributed by atoms with Crippen LogP contribution in [0.3, 0.4) is 0 Å². The average molecular weight is 264 g/mol. The second-order valence-corrected chi connectivity index (χ2v) is 5.82. The van der Waals surface area contributed by atoms with Gasteiger partial charge >= 0.3 is 0 Å². The van der Waals surface area contributed by atoms with Crippen LogP contribution in [0.4, 0.5) is 5.69 Å². The molecule has 0 spiro atoms. The van der Waals surface area contributed by atoms with E-state index in [4.69, 9.17) is 10.7 Å². The average Bonchev–Trinajstić information content (AvgIpc) is 2.14. The zero-order chi connectivity index (χ0) is 12.5. The number of nitrogens with zero attached hydrogens (tertiary/aromatic N) is 1. The van der Waals surface area contributed by atoms with Crippen LogP contribution in [0.1, 0.15) is 18.1 Å². The summed E-state index contributed by atoms with van der Waals surface area (Å²) in [7, 11) is 1.28. The Kier molecular flexibility index (Phi) is 3.54. The monoisotopic (exact) mass is 263 g/mol. The number of nitro benzene ring substituents is 1. The van der Waals surface area contributed by atoms with Crippen LogP contribution in [0.5, 0.6) is 0 Å². The zero-order valence-corrected chi connectivity index (χ0v) is 10.3. The molecule has 0 saturated carbocycles. The minimum atomic E-state index is -3.96. The highest BCUT2D eigenvalue weighted by Gasteiger charge is 2.21. The fourth-order valence-electron chi connectivity index (χ4n) is 1.54. The Bertz CT molecular complexity index is 539. The van der Waals surface area contributed by atoms with Gasteiger partial charge in [-0.1, -0.05) is 6.92 Å². The van der Waals surface area contributed by atoms with Crippen LogP contribution < -0.4 is 0 Å². The quantitative estimate of drug-likeness (QED) is 0.477. The Hall–Kier alpha value is -1.14. The Labute approximate surface area is 97.6 Å². The van der Waals surface area contributed by atoms with Gasteiger partial charge in [0.1, 0.15) is 0 Å². The van der Waals surface area contributed by atoms with Crippen molar-refractivity contribution in [2.45, 2.75) is 25.2 Å². The van der Waals surface area contributed by atoms with E-state index in [0.717, 1.165) is 6.07 Å². The molecule has 1 aromatic rings. The Morgan fingerprint density at radius 1 is 1.44 bits per heavy atom. The highest BCUT2D eigenvalue weighted by Crippen LogP contribution is 2.28. The van der Waals surface area contributed by atoms with Gasteiger partial charge in [0, 0.05) is 22.8 Å². The molecule has 0 heterocycles. The smallest absolute Gasteiger partial charge is 0.258 e. The van der Waals surface area contributed by atoms with E-state index in [1.54, 1.807) is 13.8 Å². The van der Waals surface area contributed by atoms with E-state index in [1.807, 2.05) is 0 Å². The molecule has 0 aliphatic carbocycles. The first-order valence-corrected chi connectivity index (χ1v) is 6.81. The van der Waals surface area contributed by atoms with Gasteiger partial charge in [-0.2, -0.15) is 0 Å². The summed E-state index contributed by atoms with van der Waals surface area (Å²) >= 11 is 0. The maximum Gasteiger partial charge on any atom is 0.271 e. The number of aryl methyl sites for hydroxylation is 1. The van der Waals surface area contributed by atoms with Crippen molar-refractivity contribution in [1.82, 2.24) is 0 Å². The number of halogens is 1. The van der Waals surface area contributed by atoms with Gasteiger partial charge in [0.15, 0.2) is 0 Å². The van der Waals surface area contributed by atoms with Crippen LogP contribution in [-0.2, 0) is 15.5 Å². The van der Waals surface area contributed by atoms with Crippen molar-refractivity contribution in [2.75, 3.05) is 0 Å². The fourth-order valence-corrected chi connectivity index (χ4v) is 2.82. The van der Waals surface area contributed by atoms with Crippen molar-refractivity contribution in [1.29, 1.82) is 0 Å². The van der Waals surface area contributed by atoms with Crippen LogP contribution in [0, 0.1) is 17.0 Å². The van der Waals surface area contributed by atoms with Crippen molar-refractivity contribution in [3.05, 3.63) is 33.4 Å². The van der Waals surface area contributed by atoms with E-state index >= 15 is 0 Å². The van der Waals surface area contributed by atoms with Gasteiger partial charge in [-0.05, 0) is 24.5 Å². The summed E-state index contributed by atoms with van der Waals surface area (Å²) in [5, 5.41) is 10.6. The lowest BCUT2D eigenvalue weighted by atomic mass is 10.1. The molecule has 1 aromatic carbocycles. The maximum atomic E-state index is 11.3. The molecule has 0 aliphatic heterocycles. The van der Waals surface area contributed by atoms with Gasteiger partial charge in [-0.15, -0.1) is 0 Å². The third-order valence-electron chi connectivity index (χ3n) is 2.24. The third kappa shape index (κ3) is 2.51. The predicted molar refractivity (Wildman–Crippen MR) is 60.3 cm³/mol. The first-order chi connectivity index (χ1) is 7.27. The summed E-state index contributed by atoms with van der Waals surface area (Å²) in [5.41, 5.74) is 0.797. The number of hydrogen-bond acceptors (Lipinski definition) is 4. The maximum absolute atomic E-state index is 11.3. The molecule has 0 fully saturated rings. The van der Waals surface area contributed by atoms with Crippen LogP contribution in [0.15, 0.2) is 17.0 Å². The molecule has 0 aliphatic rings. The predicted octanol–water partition coefficient (Wildman–Crippen LogP) is 2.39. The van der Waals surface area contributed by atoms with Crippen LogP contribution in [0.2, 0.25) is 0 Å². The lowest BCUT2D eigenvalue weighted by Gasteiger charge is -2.07. The van der Waals surface area contributed by atoms with E-state index in [2.05, 4.69) is 0 Å². The summed E-state index contributed by atoms with van der Waals surface area (Å²) in [6.45, 7) is 3.39. The second-order valence-electron chi connectivity index (χ2n) is 3.29. The number of non-ortho nitro benzene ring substituents is 1. The van der Waals surface area contributed by atoms with Crippen LogP contribution in [-0.4, -0.2) is 13.3 Å². The number of benzene rings is 1. The van der Waals surface area contributed by atoms with Gasteiger partial charge in [0.2, 0.25) is 0 Å². The summed E-state index contributed by atoms with van der Waals surface area (Å²) < 4.78 is 22.6. The zero-order valence-electron chi connectivity index (χ0n) is 8.73. The van der Waals surface area contributed by atoms with Crippen LogP contribution in [0.25, 0.3) is 0 Å². The van der Waals surface area contributed by atoms with E-state index < -0.39 is 14.0 Å². The van der Waals surface area contributed by atoms with Crippen LogP contribution >= 0.6 is 10.7 Å². The number of nitro groups is 1. The Morgan fingerprint density at radius 3 is 2.38 bits per heavy atom. The Morgan fingerprint density at radius 2 is 2.00 bits per heavy atom. The molecule has 0 amide bonds. The van der Waals surface area contributed by atoms with E-state index in [1.165, 1.54) is 6.07 Å². The third-order valence-corrected chi connectivity index (χ3v) is 3.63. The molecule has 16 heavy (non-hydrogen) atoms. The van der Waals surface area contributed by atoms with Crippen molar-refractivity contribution in [2.24, 2.45) is 0 Å². The normalized spacial score (nSPS) is 11.4. The summed E-state index contributed by atoms with van der Waals surface area (Å²) in [5.74, 6) is 0. The molecule has 5 nitrogen and oxygen atoms in total. The number of rotatable bonds is 3. The van der Waals surface area contributed by atoms with Crippen molar-refractivity contribution in [3.8, 4) is 0 Å². The lowest BCUT2D eigenvalue weighted by molar-refractivity contribution is -0.385. The second kappa shape index (κ2) is 4.39. The molecule has 0 aromatic heterocycles. The first-order valence-electron chi connectivity index (χ1n) is 4.50. The van der Waals surface area contributed by atoms with Crippen molar-refractivity contribution in [3.63, 3.8) is 0 Å². The molecular formula is C9H10ClNO4S. The van der Waals surface area contributed by atoms with E-state index in [0.29, 0.717) is 17.5 Å². The van der Waals surface area contributed by atoms with Crippen molar-refractivity contribution < 1.29 is 13.3 Å². The molecular weight excluding hydrogens is 254 g/mol. The van der Waals surface area contributed by atoms with Gasteiger partial charge in [-0.3, -0.25) is 10.1 Å². The van der Waals surface area contributed by atoms with Gasteiger partial charge in [0.25, 0.3) is 14.7 Å². The molecule has 0 unspecified atom stereocenters. The molecule has 88 valence electrons. The summed E-state index contributed by atoms with van der Waals surface area (Å²) in [6.07, 6.45) is 0.450. The molecule has 0 atom stereocenters. The molecule has 0 radical (unpaired) electrons. The van der Waals surface area contributed by atoms with E-state index in [9.17, 15) is 18.5 Å². The highest BCUT2D eigenvalue weighted by atomic mass is 35.7. The summed E-state index contributed by atoms with van der Waals surface area (Å²) in [6, 6.07) is 2.33. The standard InChI is InChI=1S/C9H10ClNO4S/c1-3-8-6(2)4-7(11(12)13)5-9(8)16(10,14)15/h4-5H,3H2,1-2H3. The molecule has 0 bridgehead atoms. The van der Waals surface area contributed by atoms with Gasteiger partial charge < -0.3 is 0 Å². The van der Waals surface area contributed by atoms with Crippen molar-refractivity contribution >= 4 is 25.4 Å². The SMILES string of the molecule is CCc1c(C)cc([N+](=O)[O-])cc1S(=O)(=O)Cl. The van der Waals surface area contributed by atoms with Gasteiger partial charge in [-0.25, -0.2) is 8.42 Å².